The number of nitrogens with zero attached hydrogens (tertiary/aromatic N) is 3. The zero-order valence-corrected chi connectivity index (χ0v) is 17.7. The van der Waals surface area contributed by atoms with E-state index in [0.717, 1.165) is 16.8 Å². The first-order valence-corrected chi connectivity index (χ1v) is 10.2. The molecule has 9 heteroatoms. The van der Waals surface area contributed by atoms with Crippen LogP contribution in [0.1, 0.15) is 11.1 Å². The van der Waals surface area contributed by atoms with Gasteiger partial charge in [-0.15, -0.1) is 0 Å². The summed E-state index contributed by atoms with van der Waals surface area (Å²) in [7, 11) is 1.53. The molecule has 2 aromatic heterocycles. The molecule has 0 aliphatic carbocycles. The summed E-state index contributed by atoms with van der Waals surface area (Å²) in [6, 6.07) is 18.4. The number of para-hydroxylation sites is 1. The number of halogens is 3. The van der Waals surface area contributed by atoms with Gasteiger partial charge in [-0.25, -0.2) is 4.98 Å². The monoisotopic (exact) mass is 463 g/mol. The summed E-state index contributed by atoms with van der Waals surface area (Å²) in [6.07, 6.45) is -3.32. The Labute approximate surface area is 190 Å². The minimum atomic E-state index is -4.50. The highest BCUT2D eigenvalue weighted by Gasteiger charge is 2.30. The molecule has 5 aromatic rings. The van der Waals surface area contributed by atoms with E-state index in [-0.39, 0.29) is 17.1 Å². The normalized spacial score (nSPS) is 12.1. The Kier molecular flexibility index (Phi) is 5.16. The smallest absolute Gasteiger partial charge is 0.416 e. The van der Waals surface area contributed by atoms with Crippen LogP contribution < -0.4 is 10.3 Å². The zero-order chi connectivity index (χ0) is 23.9. The molecule has 0 saturated carbocycles. The van der Waals surface area contributed by atoms with E-state index in [0.29, 0.717) is 27.6 Å². The van der Waals surface area contributed by atoms with Crippen LogP contribution in [0.2, 0.25) is 0 Å². The van der Waals surface area contributed by atoms with E-state index >= 15 is 0 Å². The van der Waals surface area contributed by atoms with Gasteiger partial charge in [-0.2, -0.15) is 22.9 Å². The molecule has 0 amide bonds. The Morgan fingerprint density at radius 3 is 2.59 bits per heavy atom. The van der Waals surface area contributed by atoms with Gasteiger partial charge in [0.25, 0.3) is 5.56 Å². The predicted molar refractivity (Wildman–Crippen MR) is 122 cm³/mol. The molecule has 0 bridgehead atoms. The van der Waals surface area contributed by atoms with Gasteiger partial charge in [0.2, 0.25) is 5.82 Å². The number of furan rings is 1. The van der Waals surface area contributed by atoms with Gasteiger partial charge in [-0.1, -0.05) is 30.3 Å². The quantitative estimate of drug-likeness (QED) is 0.320. The van der Waals surface area contributed by atoms with Crippen molar-refractivity contribution < 1.29 is 22.3 Å². The van der Waals surface area contributed by atoms with E-state index in [1.54, 1.807) is 48.5 Å². The number of hydrogen-bond acceptors (Lipinski definition) is 5. The van der Waals surface area contributed by atoms with Crippen molar-refractivity contribution in [1.82, 2.24) is 9.66 Å². The average molecular weight is 463 g/mol. The minimum absolute atomic E-state index is 0.102. The lowest BCUT2D eigenvalue weighted by atomic mass is 10.1. The van der Waals surface area contributed by atoms with Crippen LogP contribution in [-0.2, 0) is 6.18 Å². The van der Waals surface area contributed by atoms with E-state index in [9.17, 15) is 18.0 Å². The summed E-state index contributed by atoms with van der Waals surface area (Å²) in [6.45, 7) is 0. The minimum Gasteiger partial charge on any atom is -0.496 e. The van der Waals surface area contributed by atoms with Crippen LogP contribution >= 0.6 is 0 Å². The summed E-state index contributed by atoms with van der Waals surface area (Å²) < 4.78 is 51.6. The van der Waals surface area contributed by atoms with Crippen molar-refractivity contribution in [3.63, 3.8) is 0 Å². The standard InChI is InChI=1S/C25H16F3N3O3/c1-33-20-10-5-11-21-18(20)13-22(34-21)23-30-19-9-3-2-8-17(19)24(32)31(23)29-14-15-6-4-7-16(12-15)25(26,27)28/h2-14H,1H3. The molecular formula is C25H16F3N3O3. The van der Waals surface area contributed by atoms with Crippen LogP contribution in [0, 0.1) is 0 Å². The van der Waals surface area contributed by atoms with Gasteiger partial charge in [0, 0.05) is 0 Å². The molecular weight excluding hydrogens is 447 g/mol. The summed E-state index contributed by atoms with van der Waals surface area (Å²) in [5, 5.41) is 5.18. The fourth-order valence-electron chi connectivity index (χ4n) is 3.63. The van der Waals surface area contributed by atoms with Crippen molar-refractivity contribution in [2.45, 2.75) is 6.18 Å². The number of fused-ring (bicyclic) bond motifs is 2. The molecule has 0 aliphatic heterocycles. The topological polar surface area (TPSA) is 69.6 Å². The molecule has 0 aliphatic rings. The summed E-state index contributed by atoms with van der Waals surface area (Å²) >= 11 is 0. The Hall–Kier alpha value is -4.40. The largest absolute Gasteiger partial charge is 0.496 e. The number of hydrogen-bond donors (Lipinski definition) is 0. The van der Waals surface area contributed by atoms with Crippen molar-refractivity contribution in [2.75, 3.05) is 7.11 Å². The summed E-state index contributed by atoms with van der Waals surface area (Å²) in [4.78, 5) is 17.8. The van der Waals surface area contributed by atoms with Gasteiger partial charge < -0.3 is 9.15 Å². The van der Waals surface area contributed by atoms with Crippen LogP contribution in [0.3, 0.4) is 0 Å². The van der Waals surface area contributed by atoms with Crippen LogP contribution in [-0.4, -0.2) is 23.0 Å². The molecule has 34 heavy (non-hydrogen) atoms. The van der Waals surface area contributed by atoms with Crippen LogP contribution in [0.4, 0.5) is 13.2 Å². The van der Waals surface area contributed by atoms with Crippen molar-refractivity contribution in [3.8, 4) is 17.3 Å². The summed E-state index contributed by atoms with van der Waals surface area (Å²) in [5.41, 5.74) is -0.181. The number of ether oxygens (including phenoxy) is 1. The van der Waals surface area contributed by atoms with Gasteiger partial charge in [0.1, 0.15) is 11.3 Å². The first-order valence-electron chi connectivity index (χ1n) is 10.2. The van der Waals surface area contributed by atoms with Crippen molar-refractivity contribution in [3.05, 3.63) is 94.3 Å². The molecule has 6 nitrogen and oxygen atoms in total. The average Bonchev–Trinajstić information content (AvgIpc) is 3.27. The van der Waals surface area contributed by atoms with Gasteiger partial charge in [0.15, 0.2) is 5.76 Å². The number of methoxy groups -OCH3 is 1. The van der Waals surface area contributed by atoms with Gasteiger partial charge in [0.05, 0.1) is 35.2 Å². The molecule has 0 N–H and O–H groups in total. The second kappa shape index (κ2) is 8.18. The second-order valence-corrected chi connectivity index (χ2v) is 7.42. The highest BCUT2D eigenvalue weighted by Crippen LogP contribution is 2.33. The van der Waals surface area contributed by atoms with E-state index in [4.69, 9.17) is 9.15 Å². The highest BCUT2D eigenvalue weighted by molar-refractivity contribution is 5.88. The molecule has 0 radical (unpaired) electrons. The SMILES string of the molecule is COc1cccc2oc(-c3nc4ccccc4c(=O)n3N=Cc3cccc(C(F)(F)F)c3)cc12. The lowest BCUT2D eigenvalue weighted by molar-refractivity contribution is -0.137. The van der Waals surface area contributed by atoms with Gasteiger partial charge in [-0.3, -0.25) is 4.79 Å². The third-order valence-corrected chi connectivity index (χ3v) is 5.25. The first-order chi connectivity index (χ1) is 16.3. The van der Waals surface area contributed by atoms with Crippen molar-refractivity contribution in [1.29, 1.82) is 0 Å². The molecule has 3 aromatic carbocycles. The van der Waals surface area contributed by atoms with Gasteiger partial charge in [-0.05, 0) is 48.0 Å². The number of alkyl halides is 3. The number of benzene rings is 3. The van der Waals surface area contributed by atoms with Crippen LogP contribution in [0.5, 0.6) is 5.75 Å². The fraction of sp³-hybridized carbons (Fsp3) is 0.0800. The van der Waals surface area contributed by atoms with E-state index < -0.39 is 17.3 Å². The van der Waals surface area contributed by atoms with E-state index in [2.05, 4.69) is 10.1 Å². The Balaban J connectivity index is 1.70. The van der Waals surface area contributed by atoms with Crippen molar-refractivity contribution in [2.24, 2.45) is 5.10 Å². The van der Waals surface area contributed by atoms with Crippen LogP contribution in [0.15, 0.2) is 87.1 Å². The third kappa shape index (κ3) is 3.81. The molecule has 0 saturated heterocycles. The Morgan fingerprint density at radius 2 is 1.79 bits per heavy atom. The molecule has 0 fully saturated rings. The summed E-state index contributed by atoms with van der Waals surface area (Å²) in [5.74, 6) is 0.934. The maximum atomic E-state index is 13.3. The molecule has 0 atom stereocenters. The third-order valence-electron chi connectivity index (χ3n) is 5.25. The highest BCUT2D eigenvalue weighted by atomic mass is 19.4. The Bertz CT molecular complexity index is 1620. The predicted octanol–water partition coefficient (Wildman–Crippen LogP) is 5.72. The molecule has 0 unspecified atom stereocenters. The first kappa shape index (κ1) is 21.4. The Morgan fingerprint density at radius 1 is 1.00 bits per heavy atom. The lowest BCUT2D eigenvalue weighted by Gasteiger charge is -2.08. The molecule has 5 rings (SSSR count). The van der Waals surface area contributed by atoms with E-state index in [1.165, 1.54) is 25.5 Å². The van der Waals surface area contributed by atoms with Gasteiger partial charge >= 0.3 is 6.18 Å². The maximum Gasteiger partial charge on any atom is 0.416 e. The maximum absolute atomic E-state index is 13.3. The molecule has 170 valence electrons. The fourth-order valence-corrected chi connectivity index (χ4v) is 3.63. The van der Waals surface area contributed by atoms with Crippen LogP contribution in [0.25, 0.3) is 33.5 Å². The number of aromatic nitrogens is 2. The molecule has 0 spiro atoms. The zero-order valence-electron chi connectivity index (χ0n) is 17.7. The van der Waals surface area contributed by atoms with Crippen molar-refractivity contribution >= 4 is 28.1 Å². The van der Waals surface area contributed by atoms with E-state index in [1.807, 2.05) is 0 Å². The number of rotatable bonds is 4. The molecule has 2 heterocycles. The second-order valence-electron chi connectivity index (χ2n) is 7.42. The lowest BCUT2D eigenvalue weighted by Crippen LogP contribution is -2.20.